The Bertz CT molecular complexity index is 1070. The highest BCUT2D eigenvalue weighted by molar-refractivity contribution is 6.03. The van der Waals surface area contributed by atoms with Crippen LogP contribution in [0.4, 0.5) is 0 Å². The highest BCUT2D eigenvalue weighted by Crippen LogP contribution is 2.47. The van der Waals surface area contributed by atoms with Crippen molar-refractivity contribution >= 4 is 18.0 Å². The van der Waals surface area contributed by atoms with E-state index in [4.69, 9.17) is 10.1 Å². The monoisotopic (exact) mass is 445 g/mol. The van der Waals surface area contributed by atoms with Crippen molar-refractivity contribution in [3.8, 4) is 11.8 Å². The normalized spacial score (nSPS) is 26.2. The lowest BCUT2D eigenvalue weighted by Crippen LogP contribution is -2.47. The zero-order chi connectivity index (χ0) is 23.5. The molecule has 2 aliphatic carbocycles. The van der Waals surface area contributed by atoms with Crippen molar-refractivity contribution in [1.82, 2.24) is 4.90 Å². The number of likely N-dealkylation sites (tertiary alicyclic amines) is 1. The fourth-order valence-electron chi connectivity index (χ4n) is 5.39. The number of aliphatic imine (C=N–C) groups is 1. The zero-order valence-electron chi connectivity index (χ0n) is 19.0. The molecule has 2 N–H and O–H groups in total. The topological polar surface area (TPSA) is 110 Å². The first-order valence-corrected chi connectivity index (χ1v) is 11.5. The van der Waals surface area contributed by atoms with Crippen LogP contribution in [-0.4, -0.2) is 53.3 Å². The van der Waals surface area contributed by atoms with Crippen molar-refractivity contribution in [2.24, 2.45) is 22.7 Å². The van der Waals surface area contributed by atoms with Gasteiger partial charge in [-0.15, -0.1) is 17.7 Å². The molecule has 2 fully saturated rings. The number of nitriles is 1. The Hall–Kier alpha value is -3.24. The van der Waals surface area contributed by atoms with Crippen molar-refractivity contribution in [3.05, 3.63) is 53.1 Å². The molecule has 0 spiro atoms. The number of rotatable bonds is 6. The fraction of sp³-hybridized carbons (Fsp3) is 0.462. The maximum atomic E-state index is 12.5. The largest absolute Gasteiger partial charge is 0.491 e. The second kappa shape index (κ2) is 9.72. The Kier molecular flexibility index (Phi) is 6.75. The Morgan fingerprint density at radius 1 is 1.42 bits per heavy atom. The maximum Gasteiger partial charge on any atom is 0.223 e. The summed E-state index contributed by atoms with van der Waals surface area (Å²) in [6, 6.07) is 7.37. The minimum absolute atomic E-state index is 0.0356. The van der Waals surface area contributed by atoms with Crippen molar-refractivity contribution in [3.63, 3.8) is 0 Å². The van der Waals surface area contributed by atoms with Crippen LogP contribution in [0.2, 0.25) is 0 Å². The van der Waals surface area contributed by atoms with Gasteiger partial charge in [-0.3, -0.25) is 4.79 Å². The van der Waals surface area contributed by atoms with Crippen molar-refractivity contribution in [1.29, 1.82) is 10.7 Å². The number of nitrogens with one attached hydrogen (secondary N) is 1. The molecule has 1 saturated carbocycles. The van der Waals surface area contributed by atoms with Gasteiger partial charge in [-0.05, 0) is 50.3 Å². The van der Waals surface area contributed by atoms with Gasteiger partial charge in [0.05, 0.1) is 30.2 Å². The number of aliphatic hydroxyl groups is 1. The number of carbonyl (C=O) groups is 1. The standard InChI is InChI=1S/C26H29N4O3/c1-16(2)33-23-9-6-17(12-19(23)14-27)15-29-26(28)22-5-3-4-21-20(22)8-7-18-13-24(32)30(10-11-31)25(18)21/h3-6,9,12,16,18,20-21,25,28,31H,7-8,10-11,13H2,1-2H3/q-1. The molecule has 1 aromatic carbocycles. The summed E-state index contributed by atoms with van der Waals surface area (Å²) in [5.41, 5.74) is 1.86. The predicted octanol–water partition coefficient (Wildman–Crippen LogP) is 3.35. The third-order valence-corrected chi connectivity index (χ3v) is 6.69. The number of nitrogens with zero attached hydrogens (tertiary/aromatic N) is 3. The molecule has 4 atom stereocenters. The predicted molar refractivity (Wildman–Crippen MR) is 125 cm³/mol. The number of ether oxygens (including phenoxy) is 1. The summed E-state index contributed by atoms with van der Waals surface area (Å²) in [5.74, 6) is 1.31. The second-order valence-corrected chi connectivity index (χ2v) is 9.10. The number of fused-ring (bicyclic) bond motifs is 3. The van der Waals surface area contributed by atoms with Gasteiger partial charge < -0.3 is 25.1 Å². The van der Waals surface area contributed by atoms with Crippen LogP contribution in [0.3, 0.4) is 0 Å². The number of allylic oxidation sites excluding steroid dienone is 2. The molecule has 1 aromatic rings. The van der Waals surface area contributed by atoms with Gasteiger partial charge in [0.25, 0.3) is 0 Å². The summed E-state index contributed by atoms with van der Waals surface area (Å²) < 4.78 is 5.66. The molecule has 1 heterocycles. The number of amides is 1. The second-order valence-electron chi connectivity index (χ2n) is 9.10. The molecule has 33 heavy (non-hydrogen) atoms. The van der Waals surface area contributed by atoms with Crippen LogP contribution in [0, 0.1) is 34.5 Å². The molecule has 7 heteroatoms. The van der Waals surface area contributed by atoms with Gasteiger partial charge in [0.1, 0.15) is 5.75 Å². The lowest BCUT2D eigenvalue weighted by atomic mass is 9.66. The van der Waals surface area contributed by atoms with Crippen LogP contribution >= 0.6 is 0 Å². The quantitative estimate of drug-likeness (QED) is 0.397. The molecule has 172 valence electrons. The summed E-state index contributed by atoms with van der Waals surface area (Å²) in [4.78, 5) is 18.6. The lowest BCUT2D eigenvalue weighted by molar-refractivity contribution is -0.130. The van der Waals surface area contributed by atoms with E-state index in [1.807, 2.05) is 30.9 Å². The van der Waals surface area contributed by atoms with E-state index in [0.29, 0.717) is 35.8 Å². The van der Waals surface area contributed by atoms with Gasteiger partial charge in [-0.2, -0.15) is 5.26 Å². The minimum Gasteiger partial charge on any atom is -0.491 e. The number of hydrogen-bond acceptors (Lipinski definition) is 5. The van der Waals surface area contributed by atoms with Gasteiger partial charge in [0, 0.05) is 24.9 Å². The summed E-state index contributed by atoms with van der Waals surface area (Å²) in [7, 11) is 0. The van der Waals surface area contributed by atoms with Crippen LogP contribution in [0.25, 0.3) is 0 Å². The van der Waals surface area contributed by atoms with E-state index in [-0.39, 0.29) is 42.3 Å². The molecular weight excluding hydrogens is 416 g/mol. The van der Waals surface area contributed by atoms with Gasteiger partial charge in [0.2, 0.25) is 5.91 Å². The van der Waals surface area contributed by atoms with E-state index in [1.54, 1.807) is 18.2 Å². The molecule has 4 unspecified atom stereocenters. The summed E-state index contributed by atoms with van der Waals surface area (Å²) >= 11 is 0. The number of hydrogen-bond donors (Lipinski definition) is 2. The average Bonchev–Trinajstić information content (AvgIpc) is 3.13. The third kappa shape index (κ3) is 4.62. The molecule has 3 aliphatic rings. The van der Waals surface area contributed by atoms with Crippen molar-refractivity contribution < 1.29 is 14.6 Å². The molecule has 1 amide bonds. The van der Waals surface area contributed by atoms with Crippen LogP contribution < -0.4 is 4.74 Å². The Labute approximate surface area is 194 Å². The first kappa shape index (κ1) is 22.9. The van der Waals surface area contributed by atoms with Crippen LogP contribution in [0.1, 0.15) is 44.2 Å². The number of β-amino-alcohol motifs (C(OH)–C–C–N with tert-alkyl or cyclic N) is 1. The van der Waals surface area contributed by atoms with E-state index in [1.165, 1.54) is 0 Å². The van der Waals surface area contributed by atoms with Crippen LogP contribution in [-0.2, 0) is 4.79 Å². The summed E-state index contributed by atoms with van der Waals surface area (Å²) in [6.45, 7) is 4.12. The average molecular weight is 446 g/mol. The van der Waals surface area contributed by atoms with Gasteiger partial charge >= 0.3 is 0 Å². The summed E-state index contributed by atoms with van der Waals surface area (Å²) in [6.07, 6.45) is 11.3. The fourth-order valence-corrected chi connectivity index (χ4v) is 5.39. The molecule has 0 bridgehead atoms. The zero-order valence-corrected chi connectivity index (χ0v) is 19.0. The molecule has 0 radical (unpaired) electrons. The number of amidine groups is 1. The Morgan fingerprint density at radius 3 is 2.97 bits per heavy atom. The highest BCUT2D eigenvalue weighted by atomic mass is 16.5. The minimum atomic E-state index is -0.0421. The summed E-state index contributed by atoms with van der Waals surface area (Å²) in [5, 5.41) is 27.5. The van der Waals surface area contributed by atoms with E-state index < -0.39 is 0 Å². The first-order valence-electron chi connectivity index (χ1n) is 11.5. The van der Waals surface area contributed by atoms with Crippen LogP contribution in [0.5, 0.6) is 5.75 Å². The molecule has 4 rings (SSSR count). The van der Waals surface area contributed by atoms with Gasteiger partial charge in [-0.1, -0.05) is 24.3 Å². The van der Waals surface area contributed by atoms with E-state index in [2.05, 4.69) is 23.4 Å². The van der Waals surface area contributed by atoms with Gasteiger partial charge in [0.15, 0.2) is 0 Å². The van der Waals surface area contributed by atoms with Crippen molar-refractivity contribution in [2.75, 3.05) is 13.2 Å². The Morgan fingerprint density at radius 2 is 2.24 bits per heavy atom. The van der Waals surface area contributed by atoms with Crippen molar-refractivity contribution in [2.45, 2.75) is 45.3 Å². The molecular formula is C26H29N4O3-. The van der Waals surface area contributed by atoms with E-state index >= 15 is 0 Å². The van der Waals surface area contributed by atoms with Crippen LogP contribution in [0.15, 0.2) is 47.0 Å². The van der Waals surface area contributed by atoms with E-state index in [0.717, 1.165) is 18.4 Å². The van der Waals surface area contributed by atoms with E-state index in [9.17, 15) is 15.2 Å². The lowest BCUT2D eigenvalue weighted by Gasteiger charge is -2.44. The molecule has 7 nitrogen and oxygen atoms in total. The number of carbonyl (C=O) groups excluding carboxylic acids is 1. The SMILES string of the molecule is CC(C)Oc1ccc([C-]=NC(=N)C2=CC=CC3C2CCC2CC(=O)N(CCO)C23)cc1C#N. The smallest absolute Gasteiger partial charge is 0.223 e. The molecule has 1 aliphatic heterocycles. The maximum absolute atomic E-state index is 12.5. The molecule has 0 aromatic heterocycles. The number of aliphatic hydroxyl groups excluding tert-OH is 1. The first-order chi connectivity index (χ1) is 15.9. The molecule has 1 saturated heterocycles. The highest BCUT2D eigenvalue weighted by Gasteiger charge is 2.49. The van der Waals surface area contributed by atoms with Gasteiger partial charge in [-0.25, -0.2) is 0 Å². The number of benzene rings is 1. The Balaban J connectivity index is 1.51. The third-order valence-electron chi connectivity index (χ3n) is 6.69.